The van der Waals surface area contributed by atoms with Crippen LogP contribution in [0.15, 0.2) is 48.5 Å². The van der Waals surface area contributed by atoms with E-state index in [1.54, 1.807) is 0 Å². The molecule has 0 unspecified atom stereocenters. The van der Waals surface area contributed by atoms with Gasteiger partial charge in [0.05, 0.1) is 11.5 Å². The molecule has 1 aliphatic rings. The molecular weight excluding hydrogens is 376 g/mol. The molecular formula is C26H32O4. The molecule has 0 atom stereocenters. The van der Waals surface area contributed by atoms with Gasteiger partial charge in [0.25, 0.3) is 0 Å². The summed E-state index contributed by atoms with van der Waals surface area (Å²) in [5, 5.41) is 0. The van der Waals surface area contributed by atoms with Gasteiger partial charge < -0.3 is 9.47 Å². The molecule has 0 N–H and O–H groups in total. The minimum absolute atomic E-state index is 0.134. The van der Waals surface area contributed by atoms with Crippen molar-refractivity contribution in [1.29, 1.82) is 0 Å². The lowest BCUT2D eigenvalue weighted by atomic mass is 9.87. The molecule has 1 saturated carbocycles. The van der Waals surface area contributed by atoms with Crippen molar-refractivity contribution in [3.8, 4) is 5.75 Å². The molecule has 4 heteroatoms. The van der Waals surface area contributed by atoms with Crippen molar-refractivity contribution in [3.05, 3.63) is 65.2 Å². The fourth-order valence-electron chi connectivity index (χ4n) is 3.94. The Kier molecular flexibility index (Phi) is 8.06. The first-order valence-corrected chi connectivity index (χ1v) is 11.2. The quantitative estimate of drug-likeness (QED) is 0.402. The zero-order chi connectivity index (χ0) is 21.3. The highest BCUT2D eigenvalue weighted by atomic mass is 16.5. The molecule has 0 saturated heterocycles. The molecule has 0 radical (unpaired) electrons. The molecule has 1 aliphatic carbocycles. The van der Waals surface area contributed by atoms with Crippen LogP contribution in [0.4, 0.5) is 0 Å². The summed E-state index contributed by atoms with van der Waals surface area (Å²) in [4.78, 5) is 24.9. The standard InChI is InChI=1S/C26H32O4/c1-3-5-19-7-11-21(12-8-19)25(27)30-24-17-13-22(14-18-24)26(28)29-23-15-9-20(6-4-2)10-16-23/h7-12,15-16,22,24H,3-6,13-14,17-18H2,1-2H3. The molecule has 0 aliphatic heterocycles. The number of carbonyl (C=O) groups excluding carboxylic acids is 2. The number of benzene rings is 2. The summed E-state index contributed by atoms with van der Waals surface area (Å²) < 4.78 is 11.2. The van der Waals surface area contributed by atoms with Gasteiger partial charge in [-0.15, -0.1) is 0 Å². The van der Waals surface area contributed by atoms with E-state index in [9.17, 15) is 9.59 Å². The van der Waals surface area contributed by atoms with Crippen molar-refractivity contribution in [2.24, 2.45) is 5.92 Å². The number of aryl methyl sites for hydroxylation is 2. The van der Waals surface area contributed by atoms with Crippen molar-refractivity contribution < 1.29 is 19.1 Å². The average Bonchev–Trinajstić information content (AvgIpc) is 2.76. The summed E-state index contributed by atoms with van der Waals surface area (Å²) in [6, 6.07) is 15.4. The normalized spacial score (nSPS) is 18.6. The fourth-order valence-corrected chi connectivity index (χ4v) is 3.94. The van der Waals surface area contributed by atoms with Crippen LogP contribution in [-0.2, 0) is 22.4 Å². The Morgan fingerprint density at radius 1 is 0.800 bits per heavy atom. The summed E-state index contributed by atoms with van der Waals surface area (Å²) in [5.74, 6) is -0.00528. The van der Waals surface area contributed by atoms with Crippen LogP contribution < -0.4 is 4.74 Å². The zero-order valence-electron chi connectivity index (χ0n) is 18.1. The highest BCUT2D eigenvalue weighted by molar-refractivity contribution is 5.89. The molecule has 160 valence electrons. The maximum atomic E-state index is 12.5. The second kappa shape index (κ2) is 11.0. The predicted octanol–water partition coefficient (Wildman–Crippen LogP) is 5.91. The monoisotopic (exact) mass is 408 g/mol. The SMILES string of the molecule is CCCc1ccc(OC(=O)C2CCC(OC(=O)c3ccc(CCC)cc3)CC2)cc1. The maximum absolute atomic E-state index is 12.5. The molecule has 1 fully saturated rings. The van der Waals surface area contributed by atoms with Crippen molar-refractivity contribution in [2.75, 3.05) is 0 Å². The van der Waals surface area contributed by atoms with Crippen molar-refractivity contribution >= 4 is 11.9 Å². The predicted molar refractivity (Wildman–Crippen MR) is 118 cm³/mol. The van der Waals surface area contributed by atoms with Crippen LogP contribution in [0.3, 0.4) is 0 Å². The van der Waals surface area contributed by atoms with Gasteiger partial charge in [0.2, 0.25) is 0 Å². The highest BCUT2D eigenvalue weighted by Crippen LogP contribution is 2.28. The Morgan fingerprint density at radius 2 is 1.33 bits per heavy atom. The van der Waals surface area contributed by atoms with Gasteiger partial charge in [0.1, 0.15) is 11.9 Å². The third-order valence-corrected chi connectivity index (χ3v) is 5.69. The summed E-state index contributed by atoms with van der Waals surface area (Å²) >= 11 is 0. The molecule has 0 heterocycles. The number of rotatable bonds is 8. The minimum Gasteiger partial charge on any atom is -0.459 e. The number of carbonyl (C=O) groups is 2. The van der Waals surface area contributed by atoms with E-state index in [1.807, 2.05) is 48.5 Å². The first-order valence-electron chi connectivity index (χ1n) is 11.2. The van der Waals surface area contributed by atoms with E-state index in [0.717, 1.165) is 25.7 Å². The van der Waals surface area contributed by atoms with Crippen LogP contribution in [-0.4, -0.2) is 18.0 Å². The van der Waals surface area contributed by atoms with Crippen molar-refractivity contribution in [2.45, 2.75) is 71.3 Å². The minimum atomic E-state index is -0.281. The Bertz CT molecular complexity index is 815. The van der Waals surface area contributed by atoms with Crippen molar-refractivity contribution in [1.82, 2.24) is 0 Å². The van der Waals surface area contributed by atoms with E-state index >= 15 is 0 Å². The van der Waals surface area contributed by atoms with E-state index in [-0.39, 0.29) is 24.0 Å². The number of esters is 2. The largest absolute Gasteiger partial charge is 0.459 e. The topological polar surface area (TPSA) is 52.6 Å². The fraction of sp³-hybridized carbons (Fsp3) is 0.462. The van der Waals surface area contributed by atoms with Gasteiger partial charge in [-0.05, 0) is 73.9 Å². The lowest BCUT2D eigenvalue weighted by Gasteiger charge is -2.27. The van der Waals surface area contributed by atoms with Gasteiger partial charge in [0, 0.05) is 0 Å². The first-order chi connectivity index (χ1) is 14.6. The second-order valence-corrected chi connectivity index (χ2v) is 8.14. The van der Waals surface area contributed by atoms with Crippen LogP contribution in [0.5, 0.6) is 5.75 Å². The third kappa shape index (κ3) is 6.19. The molecule has 2 aromatic rings. The Balaban J connectivity index is 1.44. The molecule has 0 spiro atoms. The van der Waals surface area contributed by atoms with E-state index in [2.05, 4.69) is 13.8 Å². The van der Waals surface area contributed by atoms with Gasteiger partial charge in [0.15, 0.2) is 0 Å². The van der Waals surface area contributed by atoms with E-state index in [1.165, 1.54) is 11.1 Å². The van der Waals surface area contributed by atoms with Crippen LogP contribution in [0, 0.1) is 5.92 Å². The third-order valence-electron chi connectivity index (χ3n) is 5.69. The number of hydrogen-bond donors (Lipinski definition) is 0. The van der Waals surface area contributed by atoms with Crippen LogP contribution in [0.25, 0.3) is 0 Å². The number of ether oxygens (including phenoxy) is 2. The Labute approximate surface area is 179 Å². The molecule has 4 nitrogen and oxygen atoms in total. The molecule has 0 amide bonds. The van der Waals surface area contributed by atoms with Crippen molar-refractivity contribution in [3.63, 3.8) is 0 Å². The van der Waals surface area contributed by atoms with Gasteiger partial charge in [-0.1, -0.05) is 51.0 Å². The Hall–Kier alpha value is -2.62. The molecule has 0 bridgehead atoms. The lowest BCUT2D eigenvalue weighted by molar-refractivity contribution is -0.140. The van der Waals surface area contributed by atoms with Crippen LogP contribution in [0.2, 0.25) is 0 Å². The Morgan fingerprint density at radius 3 is 1.87 bits per heavy atom. The lowest BCUT2D eigenvalue weighted by Crippen LogP contribution is -2.30. The first kappa shape index (κ1) is 22.1. The maximum Gasteiger partial charge on any atom is 0.338 e. The summed E-state index contributed by atoms with van der Waals surface area (Å²) in [5.41, 5.74) is 3.07. The summed E-state index contributed by atoms with van der Waals surface area (Å²) in [6.07, 6.45) is 6.82. The van der Waals surface area contributed by atoms with Gasteiger partial charge in [-0.3, -0.25) is 4.79 Å². The second-order valence-electron chi connectivity index (χ2n) is 8.14. The van der Waals surface area contributed by atoms with E-state index < -0.39 is 0 Å². The molecule has 3 rings (SSSR count). The van der Waals surface area contributed by atoms with Crippen LogP contribution in [0.1, 0.15) is 73.9 Å². The molecule has 0 aromatic heterocycles. The smallest absolute Gasteiger partial charge is 0.338 e. The zero-order valence-corrected chi connectivity index (χ0v) is 18.1. The molecule has 2 aromatic carbocycles. The molecule has 30 heavy (non-hydrogen) atoms. The number of hydrogen-bond acceptors (Lipinski definition) is 4. The summed E-state index contributed by atoms with van der Waals surface area (Å²) in [6.45, 7) is 4.28. The van der Waals surface area contributed by atoms with Gasteiger partial charge in [-0.2, -0.15) is 0 Å². The van der Waals surface area contributed by atoms with E-state index in [4.69, 9.17) is 9.47 Å². The van der Waals surface area contributed by atoms with Gasteiger partial charge >= 0.3 is 11.9 Å². The average molecular weight is 409 g/mol. The highest BCUT2D eigenvalue weighted by Gasteiger charge is 2.29. The van der Waals surface area contributed by atoms with E-state index in [0.29, 0.717) is 37.0 Å². The van der Waals surface area contributed by atoms with Crippen LogP contribution >= 0.6 is 0 Å². The van der Waals surface area contributed by atoms with Gasteiger partial charge in [-0.25, -0.2) is 4.79 Å². The summed E-state index contributed by atoms with van der Waals surface area (Å²) in [7, 11) is 0.